The number of benzene rings is 1. The molecular formula is C18H16F4N4O2S. The highest BCUT2D eigenvalue weighted by molar-refractivity contribution is 7.89. The summed E-state index contributed by atoms with van der Waals surface area (Å²) in [4.78, 5) is 2.67. The number of aryl methyl sites for hydroxylation is 1. The van der Waals surface area contributed by atoms with Crippen molar-refractivity contribution in [2.24, 2.45) is 0 Å². The van der Waals surface area contributed by atoms with E-state index in [1.165, 1.54) is 18.5 Å². The van der Waals surface area contributed by atoms with E-state index in [1.807, 2.05) is 0 Å². The van der Waals surface area contributed by atoms with Gasteiger partial charge in [0, 0.05) is 17.5 Å². The Labute approximate surface area is 164 Å². The van der Waals surface area contributed by atoms with Gasteiger partial charge in [-0.1, -0.05) is 18.2 Å². The smallest absolute Gasteiger partial charge is 0.260 e. The van der Waals surface area contributed by atoms with Crippen LogP contribution in [0.25, 0.3) is 5.69 Å². The van der Waals surface area contributed by atoms with Crippen LogP contribution < -0.4 is 4.72 Å². The number of aromatic nitrogens is 3. The van der Waals surface area contributed by atoms with Crippen molar-refractivity contribution in [2.75, 3.05) is 0 Å². The first-order valence-electron chi connectivity index (χ1n) is 8.32. The Morgan fingerprint density at radius 3 is 2.34 bits per heavy atom. The fourth-order valence-corrected chi connectivity index (χ4v) is 4.11. The van der Waals surface area contributed by atoms with E-state index in [2.05, 4.69) is 10.1 Å². The molecule has 0 spiro atoms. The lowest BCUT2D eigenvalue weighted by Crippen LogP contribution is -2.38. The number of hydrogen-bond acceptors (Lipinski definition) is 4. The van der Waals surface area contributed by atoms with Gasteiger partial charge in [0.1, 0.15) is 16.8 Å². The molecule has 0 aliphatic heterocycles. The number of nitrogens with zero attached hydrogens (tertiary/aromatic N) is 3. The van der Waals surface area contributed by atoms with Gasteiger partial charge in [-0.15, -0.1) is 0 Å². The quantitative estimate of drug-likeness (QED) is 0.630. The monoisotopic (exact) mass is 428 g/mol. The van der Waals surface area contributed by atoms with Crippen molar-refractivity contribution in [2.45, 2.75) is 31.0 Å². The van der Waals surface area contributed by atoms with Crippen LogP contribution in [0.1, 0.15) is 23.0 Å². The minimum Gasteiger partial charge on any atom is -0.260 e. The SMILES string of the molecule is Cc1nn(-c2ccccc2)c(C)c1C(NS(=O)(=O)c1cncc(F)c1)C(F)(F)F. The molecule has 3 rings (SSSR count). The number of nitrogens with one attached hydrogen (secondary N) is 1. The standard InChI is InChI=1S/C18H16F4N4O2S/c1-11-16(12(2)26(24-11)14-6-4-3-5-7-14)17(18(20,21)22)25-29(27,28)15-8-13(19)9-23-10-15/h3-10,17,25H,1-2H3. The molecular weight excluding hydrogens is 412 g/mol. The first kappa shape index (κ1) is 20.9. The molecule has 1 aromatic carbocycles. The van der Waals surface area contributed by atoms with Crippen LogP contribution in [0.2, 0.25) is 0 Å². The molecule has 0 saturated carbocycles. The van der Waals surface area contributed by atoms with Crippen LogP contribution in [0.5, 0.6) is 0 Å². The van der Waals surface area contributed by atoms with E-state index in [1.54, 1.807) is 35.1 Å². The zero-order chi connectivity index (χ0) is 21.4. The third-order valence-electron chi connectivity index (χ3n) is 4.23. The van der Waals surface area contributed by atoms with E-state index in [-0.39, 0.29) is 17.0 Å². The molecule has 1 unspecified atom stereocenters. The molecule has 29 heavy (non-hydrogen) atoms. The number of alkyl halides is 3. The molecule has 0 aliphatic rings. The summed E-state index contributed by atoms with van der Waals surface area (Å²) in [5.74, 6) is -0.985. The Morgan fingerprint density at radius 2 is 1.76 bits per heavy atom. The van der Waals surface area contributed by atoms with Crippen molar-refractivity contribution in [3.8, 4) is 5.69 Å². The van der Waals surface area contributed by atoms with Gasteiger partial charge >= 0.3 is 6.18 Å². The van der Waals surface area contributed by atoms with E-state index < -0.39 is 33.0 Å². The molecule has 0 aliphatic carbocycles. The summed E-state index contributed by atoms with van der Waals surface area (Å²) in [5, 5.41) is 4.14. The summed E-state index contributed by atoms with van der Waals surface area (Å²) in [6, 6.07) is 6.49. The van der Waals surface area contributed by atoms with Gasteiger partial charge < -0.3 is 0 Å². The van der Waals surface area contributed by atoms with Crippen molar-refractivity contribution in [3.05, 3.63) is 71.6 Å². The highest BCUT2D eigenvalue weighted by atomic mass is 32.2. The second-order valence-corrected chi connectivity index (χ2v) is 7.98. The molecule has 0 fully saturated rings. The summed E-state index contributed by atoms with van der Waals surface area (Å²) in [5.41, 5.74) is 0.330. The van der Waals surface area contributed by atoms with Crippen molar-refractivity contribution >= 4 is 10.0 Å². The van der Waals surface area contributed by atoms with Crippen LogP contribution in [0.15, 0.2) is 53.7 Å². The maximum Gasteiger partial charge on any atom is 0.409 e. The summed E-state index contributed by atoms with van der Waals surface area (Å²) in [6.07, 6.45) is -3.45. The summed E-state index contributed by atoms with van der Waals surface area (Å²) >= 11 is 0. The highest BCUT2D eigenvalue weighted by Crippen LogP contribution is 2.37. The predicted octanol–water partition coefficient (Wildman–Crippen LogP) is 3.61. The number of halogens is 4. The zero-order valence-electron chi connectivity index (χ0n) is 15.3. The maximum atomic E-state index is 13.8. The normalized spacial score (nSPS) is 13.4. The number of hydrogen-bond donors (Lipinski definition) is 1. The third-order valence-corrected chi connectivity index (χ3v) is 5.62. The molecule has 3 aromatic rings. The molecule has 11 heteroatoms. The average molecular weight is 428 g/mol. The highest BCUT2D eigenvalue weighted by Gasteiger charge is 2.46. The minimum absolute atomic E-state index is 0.00810. The minimum atomic E-state index is -4.96. The first-order chi connectivity index (χ1) is 13.5. The van der Waals surface area contributed by atoms with Crippen LogP contribution in [0, 0.1) is 19.7 Å². The van der Waals surface area contributed by atoms with Crippen molar-refractivity contribution < 1.29 is 26.0 Å². The van der Waals surface area contributed by atoms with Gasteiger partial charge in [0.25, 0.3) is 0 Å². The fraction of sp³-hybridized carbons (Fsp3) is 0.222. The Balaban J connectivity index is 2.09. The van der Waals surface area contributed by atoms with Gasteiger partial charge in [-0.3, -0.25) is 4.98 Å². The van der Waals surface area contributed by atoms with Crippen molar-refractivity contribution in [3.63, 3.8) is 0 Å². The third kappa shape index (κ3) is 4.30. The first-order valence-corrected chi connectivity index (χ1v) is 9.80. The summed E-state index contributed by atoms with van der Waals surface area (Å²) in [6.45, 7) is 2.78. The lowest BCUT2D eigenvalue weighted by atomic mass is 10.1. The van der Waals surface area contributed by atoms with Gasteiger partial charge in [0.15, 0.2) is 0 Å². The van der Waals surface area contributed by atoms with Crippen LogP contribution in [-0.2, 0) is 10.0 Å². The van der Waals surface area contributed by atoms with Gasteiger partial charge in [-0.25, -0.2) is 17.5 Å². The number of rotatable bonds is 5. The Morgan fingerprint density at radius 1 is 1.10 bits per heavy atom. The maximum absolute atomic E-state index is 13.8. The molecule has 1 N–H and O–H groups in total. The van der Waals surface area contributed by atoms with Gasteiger partial charge in [0.05, 0.1) is 17.6 Å². The number of para-hydroxylation sites is 1. The molecule has 0 saturated heterocycles. The predicted molar refractivity (Wildman–Crippen MR) is 96.4 cm³/mol. The Bertz CT molecular complexity index is 1130. The van der Waals surface area contributed by atoms with E-state index in [9.17, 15) is 26.0 Å². The second-order valence-electron chi connectivity index (χ2n) is 6.27. The van der Waals surface area contributed by atoms with Crippen LogP contribution in [0.4, 0.5) is 17.6 Å². The van der Waals surface area contributed by atoms with Crippen molar-refractivity contribution in [1.29, 1.82) is 0 Å². The van der Waals surface area contributed by atoms with Crippen LogP contribution >= 0.6 is 0 Å². The number of pyridine rings is 1. The molecule has 0 radical (unpaired) electrons. The van der Waals surface area contributed by atoms with Gasteiger partial charge in [-0.05, 0) is 32.0 Å². The molecule has 2 aromatic heterocycles. The lowest BCUT2D eigenvalue weighted by Gasteiger charge is -2.22. The lowest BCUT2D eigenvalue weighted by molar-refractivity contribution is -0.153. The Kier molecular flexibility index (Phi) is 5.46. The van der Waals surface area contributed by atoms with E-state index in [0.29, 0.717) is 11.8 Å². The summed E-state index contributed by atoms with van der Waals surface area (Å²) < 4.78 is 82.7. The zero-order valence-corrected chi connectivity index (χ0v) is 16.1. The largest absolute Gasteiger partial charge is 0.409 e. The average Bonchev–Trinajstić information content (AvgIpc) is 2.94. The molecule has 154 valence electrons. The molecule has 0 bridgehead atoms. The fourth-order valence-electron chi connectivity index (χ4n) is 2.95. The van der Waals surface area contributed by atoms with Crippen LogP contribution in [0.3, 0.4) is 0 Å². The topological polar surface area (TPSA) is 76.9 Å². The number of sulfonamides is 1. The van der Waals surface area contributed by atoms with E-state index in [0.717, 1.165) is 12.4 Å². The van der Waals surface area contributed by atoms with Gasteiger partial charge in [0.2, 0.25) is 10.0 Å². The molecule has 6 nitrogen and oxygen atoms in total. The Hall–Kier alpha value is -2.79. The molecule has 0 amide bonds. The second kappa shape index (κ2) is 7.56. The van der Waals surface area contributed by atoms with Gasteiger partial charge in [-0.2, -0.15) is 23.0 Å². The molecule has 1 atom stereocenters. The summed E-state index contributed by atoms with van der Waals surface area (Å²) in [7, 11) is -4.71. The van der Waals surface area contributed by atoms with Crippen LogP contribution in [-0.4, -0.2) is 29.4 Å². The molecule has 2 heterocycles. The van der Waals surface area contributed by atoms with E-state index in [4.69, 9.17) is 0 Å². The van der Waals surface area contributed by atoms with E-state index >= 15 is 0 Å². The van der Waals surface area contributed by atoms with Crippen molar-refractivity contribution in [1.82, 2.24) is 19.5 Å².